The molecular formula is C19H19NO3. The third kappa shape index (κ3) is 3.21. The van der Waals surface area contributed by atoms with Gasteiger partial charge in [-0.15, -0.1) is 0 Å². The summed E-state index contributed by atoms with van der Waals surface area (Å²) in [6, 6.07) is 11.5. The second-order valence-corrected chi connectivity index (χ2v) is 5.65. The molecule has 0 aliphatic rings. The molecule has 1 N–H and O–H groups in total. The quantitative estimate of drug-likeness (QED) is 0.784. The zero-order chi connectivity index (χ0) is 16.4. The minimum Gasteiger partial charge on any atom is -0.497 e. The molecular weight excluding hydrogens is 290 g/mol. The summed E-state index contributed by atoms with van der Waals surface area (Å²) in [6.07, 6.45) is 1.90. The van der Waals surface area contributed by atoms with Gasteiger partial charge < -0.3 is 14.5 Å². The molecule has 0 saturated carbocycles. The first-order valence-electron chi connectivity index (χ1n) is 7.48. The van der Waals surface area contributed by atoms with Crippen molar-refractivity contribution in [1.29, 1.82) is 0 Å². The second-order valence-electron chi connectivity index (χ2n) is 5.65. The molecule has 3 aromatic rings. The van der Waals surface area contributed by atoms with E-state index in [0.717, 1.165) is 33.5 Å². The van der Waals surface area contributed by atoms with Crippen molar-refractivity contribution < 1.29 is 13.9 Å². The van der Waals surface area contributed by atoms with Gasteiger partial charge in [-0.3, -0.25) is 4.79 Å². The van der Waals surface area contributed by atoms with E-state index in [1.165, 1.54) is 5.56 Å². The van der Waals surface area contributed by atoms with E-state index in [1.807, 2.05) is 50.2 Å². The number of rotatable bonds is 4. The lowest BCUT2D eigenvalue weighted by Gasteiger charge is -2.07. The van der Waals surface area contributed by atoms with E-state index in [-0.39, 0.29) is 12.3 Å². The van der Waals surface area contributed by atoms with Crippen LogP contribution in [0, 0.1) is 13.8 Å². The van der Waals surface area contributed by atoms with Gasteiger partial charge in [0.05, 0.1) is 19.8 Å². The number of nitrogens with one attached hydrogen (secondary N) is 1. The van der Waals surface area contributed by atoms with E-state index in [2.05, 4.69) is 5.32 Å². The van der Waals surface area contributed by atoms with Crippen molar-refractivity contribution in [3.05, 3.63) is 59.4 Å². The molecule has 118 valence electrons. The Bertz CT molecular complexity index is 864. The highest BCUT2D eigenvalue weighted by Gasteiger charge is 2.11. The van der Waals surface area contributed by atoms with Gasteiger partial charge in [-0.1, -0.05) is 6.07 Å². The molecule has 1 heterocycles. The molecule has 0 aliphatic heterocycles. The van der Waals surface area contributed by atoms with Crippen molar-refractivity contribution in [3.8, 4) is 5.75 Å². The highest BCUT2D eigenvalue weighted by molar-refractivity contribution is 5.95. The lowest BCUT2D eigenvalue weighted by molar-refractivity contribution is -0.115. The summed E-state index contributed by atoms with van der Waals surface area (Å²) in [6.45, 7) is 4.08. The van der Waals surface area contributed by atoms with Crippen LogP contribution in [0.1, 0.15) is 16.7 Å². The van der Waals surface area contributed by atoms with Gasteiger partial charge in [0.15, 0.2) is 0 Å². The standard InChI is InChI=1S/C19H19NO3/c1-12-4-5-15(8-13(12)2)20-19(21)9-14-11-23-18-10-16(22-3)6-7-17(14)18/h4-8,10-11H,9H2,1-3H3,(H,20,21). The van der Waals surface area contributed by atoms with E-state index < -0.39 is 0 Å². The SMILES string of the molecule is COc1ccc2c(CC(=O)Nc3ccc(C)c(C)c3)coc2c1. The van der Waals surface area contributed by atoms with Crippen LogP contribution in [-0.4, -0.2) is 13.0 Å². The molecule has 0 aliphatic carbocycles. The van der Waals surface area contributed by atoms with Crippen LogP contribution in [0.15, 0.2) is 47.1 Å². The molecule has 23 heavy (non-hydrogen) atoms. The molecule has 4 heteroatoms. The zero-order valence-electron chi connectivity index (χ0n) is 13.5. The molecule has 0 unspecified atom stereocenters. The number of benzene rings is 2. The average molecular weight is 309 g/mol. The first-order chi connectivity index (χ1) is 11.1. The Morgan fingerprint density at radius 2 is 1.96 bits per heavy atom. The Kier molecular flexibility index (Phi) is 4.06. The number of fused-ring (bicyclic) bond motifs is 1. The zero-order valence-corrected chi connectivity index (χ0v) is 13.5. The van der Waals surface area contributed by atoms with Gasteiger partial charge in [0.1, 0.15) is 11.3 Å². The van der Waals surface area contributed by atoms with Crippen LogP contribution in [0.25, 0.3) is 11.0 Å². The topological polar surface area (TPSA) is 51.5 Å². The Morgan fingerprint density at radius 1 is 1.13 bits per heavy atom. The summed E-state index contributed by atoms with van der Waals surface area (Å²) in [7, 11) is 1.61. The van der Waals surface area contributed by atoms with Crippen molar-refractivity contribution in [3.63, 3.8) is 0 Å². The molecule has 1 aromatic heterocycles. The fraction of sp³-hybridized carbons (Fsp3) is 0.211. The molecule has 2 aromatic carbocycles. The summed E-state index contributed by atoms with van der Waals surface area (Å²) >= 11 is 0. The minimum atomic E-state index is -0.0632. The van der Waals surface area contributed by atoms with Crippen LogP contribution in [0.5, 0.6) is 5.75 Å². The smallest absolute Gasteiger partial charge is 0.228 e. The van der Waals surface area contributed by atoms with E-state index in [0.29, 0.717) is 0 Å². The average Bonchev–Trinajstić information content (AvgIpc) is 2.93. The Balaban J connectivity index is 1.76. The maximum Gasteiger partial charge on any atom is 0.228 e. The predicted octanol–water partition coefficient (Wildman–Crippen LogP) is 4.24. The number of methoxy groups -OCH3 is 1. The number of carbonyl (C=O) groups is 1. The molecule has 1 amide bonds. The molecule has 3 rings (SSSR count). The van der Waals surface area contributed by atoms with Gasteiger partial charge in [-0.2, -0.15) is 0 Å². The molecule has 0 bridgehead atoms. The van der Waals surface area contributed by atoms with Gasteiger partial charge in [0, 0.05) is 22.7 Å². The van der Waals surface area contributed by atoms with Crippen molar-refractivity contribution in [1.82, 2.24) is 0 Å². The van der Waals surface area contributed by atoms with Gasteiger partial charge >= 0.3 is 0 Å². The van der Waals surface area contributed by atoms with E-state index in [4.69, 9.17) is 9.15 Å². The summed E-state index contributed by atoms with van der Waals surface area (Å²) in [5.74, 6) is 0.671. The van der Waals surface area contributed by atoms with Crippen molar-refractivity contribution >= 4 is 22.6 Å². The number of carbonyl (C=O) groups excluding carboxylic acids is 1. The highest BCUT2D eigenvalue weighted by Crippen LogP contribution is 2.26. The molecule has 4 nitrogen and oxygen atoms in total. The van der Waals surface area contributed by atoms with Crippen LogP contribution < -0.4 is 10.1 Å². The third-order valence-corrected chi connectivity index (χ3v) is 4.00. The number of hydrogen-bond donors (Lipinski definition) is 1. The number of amides is 1. The van der Waals surface area contributed by atoms with E-state index >= 15 is 0 Å². The summed E-state index contributed by atoms with van der Waals surface area (Å²) in [4.78, 5) is 12.3. The summed E-state index contributed by atoms with van der Waals surface area (Å²) in [5.41, 5.74) is 4.76. The predicted molar refractivity (Wildman–Crippen MR) is 91.0 cm³/mol. The van der Waals surface area contributed by atoms with E-state index in [1.54, 1.807) is 13.4 Å². The lowest BCUT2D eigenvalue weighted by Crippen LogP contribution is -2.14. The fourth-order valence-electron chi connectivity index (χ4n) is 2.52. The van der Waals surface area contributed by atoms with Crippen LogP contribution >= 0.6 is 0 Å². The van der Waals surface area contributed by atoms with Crippen molar-refractivity contribution in [2.75, 3.05) is 12.4 Å². The highest BCUT2D eigenvalue weighted by atomic mass is 16.5. The van der Waals surface area contributed by atoms with Gasteiger partial charge in [-0.05, 0) is 49.2 Å². The first kappa shape index (κ1) is 15.2. The van der Waals surface area contributed by atoms with E-state index in [9.17, 15) is 4.79 Å². The number of hydrogen-bond acceptors (Lipinski definition) is 3. The van der Waals surface area contributed by atoms with Crippen LogP contribution in [0.3, 0.4) is 0 Å². The number of furan rings is 1. The minimum absolute atomic E-state index is 0.0632. The van der Waals surface area contributed by atoms with Gasteiger partial charge in [-0.25, -0.2) is 0 Å². The molecule has 0 saturated heterocycles. The van der Waals surface area contributed by atoms with Crippen LogP contribution in [-0.2, 0) is 11.2 Å². The lowest BCUT2D eigenvalue weighted by atomic mass is 10.1. The number of anilines is 1. The summed E-state index contributed by atoms with van der Waals surface area (Å²) < 4.78 is 10.7. The van der Waals surface area contributed by atoms with Gasteiger partial charge in [0.2, 0.25) is 5.91 Å². The van der Waals surface area contributed by atoms with Crippen LogP contribution in [0.4, 0.5) is 5.69 Å². The number of aryl methyl sites for hydroxylation is 2. The van der Waals surface area contributed by atoms with Crippen molar-refractivity contribution in [2.24, 2.45) is 0 Å². The molecule has 0 atom stereocenters. The van der Waals surface area contributed by atoms with Gasteiger partial charge in [0.25, 0.3) is 0 Å². The Hall–Kier alpha value is -2.75. The maximum atomic E-state index is 12.3. The molecule has 0 radical (unpaired) electrons. The summed E-state index contributed by atoms with van der Waals surface area (Å²) in [5, 5.41) is 3.86. The Labute approximate surface area is 135 Å². The monoisotopic (exact) mass is 309 g/mol. The second kappa shape index (κ2) is 6.16. The molecule has 0 spiro atoms. The van der Waals surface area contributed by atoms with Crippen LogP contribution in [0.2, 0.25) is 0 Å². The normalized spacial score (nSPS) is 10.7. The number of ether oxygens (including phenoxy) is 1. The molecule has 0 fully saturated rings. The first-order valence-corrected chi connectivity index (χ1v) is 7.48. The Morgan fingerprint density at radius 3 is 2.70 bits per heavy atom. The largest absolute Gasteiger partial charge is 0.497 e. The van der Waals surface area contributed by atoms with Crippen molar-refractivity contribution in [2.45, 2.75) is 20.3 Å². The third-order valence-electron chi connectivity index (χ3n) is 4.00. The fourth-order valence-corrected chi connectivity index (χ4v) is 2.52. The maximum absolute atomic E-state index is 12.3.